The molecular weight excluding hydrogens is 278 g/mol. The number of benzene rings is 1. The second-order valence-electron chi connectivity index (χ2n) is 4.40. The van der Waals surface area contributed by atoms with Crippen molar-refractivity contribution in [3.8, 4) is 0 Å². The van der Waals surface area contributed by atoms with Gasteiger partial charge in [0.05, 0.1) is 0 Å². The number of rotatable bonds is 2. The Morgan fingerprint density at radius 1 is 1.11 bits per heavy atom. The molecular formula is C14H12ClN3S. The quantitative estimate of drug-likeness (QED) is 0.695. The van der Waals surface area contributed by atoms with E-state index in [1.165, 1.54) is 11.1 Å². The first-order valence-electron chi connectivity index (χ1n) is 5.88. The molecule has 0 radical (unpaired) electrons. The van der Waals surface area contributed by atoms with Crippen LogP contribution in [-0.2, 0) is 0 Å². The second-order valence-corrected chi connectivity index (χ2v) is 5.65. The Labute approximate surface area is 120 Å². The number of hydrogen-bond donors (Lipinski definition) is 1. The van der Waals surface area contributed by atoms with Crippen LogP contribution in [0, 0.1) is 13.8 Å². The van der Waals surface area contributed by atoms with Crippen LogP contribution in [0.3, 0.4) is 0 Å². The summed E-state index contributed by atoms with van der Waals surface area (Å²) in [5, 5.41) is 6.54. The van der Waals surface area contributed by atoms with E-state index in [-0.39, 0.29) is 0 Å². The predicted octanol–water partition coefficient (Wildman–Crippen LogP) is 4.71. The van der Waals surface area contributed by atoms with Crippen molar-refractivity contribution in [1.29, 1.82) is 0 Å². The van der Waals surface area contributed by atoms with E-state index < -0.39 is 0 Å². The molecule has 1 aromatic carbocycles. The first-order valence-corrected chi connectivity index (χ1v) is 7.14. The molecule has 0 atom stereocenters. The number of aromatic nitrogens is 2. The highest BCUT2D eigenvalue weighted by molar-refractivity contribution is 7.16. The van der Waals surface area contributed by atoms with E-state index in [2.05, 4.69) is 41.3 Å². The summed E-state index contributed by atoms with van der Waals surface area (Å²) < 4.78 is 0. The van der Waals surface area contributed by atoms with E-state index in [4.69, 9.17) is 11.6 Å². The molecule has 96 valence electrons. The van der Waals surface area contributed by atoms with Crippen molar-refractivity contribution in [2.45, 2.75) is 13.8 Å². The minimum atomic E-state index is 0.484. The highest BCUT2D eigenvalue weighted by Crippen LogP contribution is 2.27. The third kappa shape index (κ3) is 2.41. The monoisotopic (exact) mass is 289 g/mol. The van der Waals surface area contributed by atoms with Gasteiger partial charge in [0.15, 0.2) is 0 Å². The fraction of sp³-hybridized carbons (Fsp3) is 0.143. The lowest BCUT2D eigenvalue weighted by Gasteiger charge is -2.07. The average Bonchev–Trinajstić information content (AvgIpc) is 2.82. The molecule has 5 heteroatoms. The van der Waals surface area contributed by atoms with Gasteiger partial charge in [0.25, 0.3) is 0 Å². The second kappa shape index (κ2) is 4.79. The largest absolute Gasteiger partial charge is 0.324 e. The number of anilines is 2. The van der Waals surface area contributed by atoms with Gasteiger partial charge >= 0.3 is 0 Å². The normalized spacial score (nSPS) is 10.9. The van der Waals surface area contributed by atoms with Gasteiger partial charge in [-0.3, -0.25) is 0 Å². The first kappa shape index (κ1) is 12.4. The molecule has 2 heterocycles. The minimum absolute atomic E-state index is 0.484. The zero-order valence-electron chi connectivity index (χ0n) is 10.6. The molecule has 3 rings (SSSR count). The van der Waals surface area contributed by atoms with Gasteiger partial charge in [0.2, 0.25) is 5.95 Å². The molecule has 0 amide bonds. The smallest absolute Gasteiger partial charge is 0.230 e. The topological polar surface area (TPSA) is 37.8 Å². The number of fused-ring (bicyclic) bond motifs is 1. The van der Waals surface area contributed by atoms with Crippen LogP contribution in [0.15, 0.2) is 29.6 Å². The van der Waals surface area contributed by atoms with Crippen molar-refractivity contribution < 1.29 is 0 Å². The van der Waals surface area contributed by atoms with E-state index in [0.29, 0.717) is 11.1 Å². The molecule has 0 saturated carbocycles. The van der Waals surface area contributed by atoms with Crippen LogP contribution in [0.25, 0.3) is 10.2 Å². The molecule has 0 bridgehead atoms. The van der Waals surface area contributed by atoms with Crippen molar-refractivity contribution in [3.63, 3.8) is 0 Å². The summed E-state index contributed by atoms with van der Waals surface area (Å²) in [7, 11) is 0. The van der Waals surface area contributed by atoms with E-state index in [1.807, 2.05) is 17.5 Å². The SMILES string of the molecule is Cc1ccc(Nc2nc(Cl)c3ccsc3n2)cc1C. The van der Waals surface area contributed by atoms with Gasteiger partial charge < -0.3 is 5.32 Å². The molecule has 0 aliphatic heterocycles. The first-order chi connectivity index (χ1) is 9.13. The molecule has 19 heavy (non-hydrogen) atoms. The fourth-order valence-corrected chi connectivity index (χ4v) is 2.88. The molecule has 3 nitrogen and oxygen atoms in total. The highest BCUT2D eigenvalue weighted by atomic mass is 35.5. The molecule has 0 fully saturated rings. The van der Waals surface area contributed by atoms with Gasteiger partial charge in [-0.1, -0.05) is 17.7 Å². The van der Waals surface area contributed by atoms with Crippen LogP contribution in [-0.4, -0.2) is 9.97 Å². The molecule has 0 unspecified atom stereocenters. The highest BCUT2D eigenvalue weighted by Gasteiger charge is 2.07. The standard InChI is InChI=1S/C14H12ClN3S/c1-8-3-4-10(7-9(8)2)16-14-17-12(15)11-5-6-19-13(11)18-14/h3-7H,1-2H3,(H,16,17,18). The summed E-state index contributed by atoms with van der Waals surface area (Å²) in [4.78, 5) is 9.62. The molecule has 0 aliphatic carbocycles. The van der Waals surface area contributed by atoms with Gasteiger partial charge in [-0.25, -0.2) is 9.97 Å². The Kier molecular flexibility index (Phi) is 3.12. The van der Waals surface area contributed by atoms with Crippen LogP contribution in [0.5, 0.6) is 0 Å². The van der Waals surface area contributed by atoms with Crippen molar-refractivity contribution in [2.75, 3.05) is 5.32 Å². The Morgan fingerprint density at radius 3 is 2.74 bits per heavy atom. The van der Waals surface area contributed by atoms with E-state index >= 15 is 0 Å². The summed E-state index contributed by atoms with van der Waals surface area (Å²) in [6.45, 7) is 4.17. The number of nitrogens with one attached hydrogen (secondary N) is 1. The number of nitrogens with zero attached hydrogens (tertiary/aromatic N) is 2. The summed E-state index contributed by atoms with van der Waals surface area (Å²) >= 11 is 7.70. The third-order valence-electron chi connectivity index (χ3n) is 3.04. The van der Waals surface area contributed by atoms with E-state index in [1.54, 1.807) is 11.3 Å². The van der Waals surface area contributed by atoms with E-state index in [9.17, 15) is 0 Å². The minimum Gasteiger partial charge on any atom is -0.324 e. The maximum Gasteiger partial charge on any atom is 0.230 e. The van der Waals surface area contributed by atoms with Gasteiger partial charge in [-0.15, -0.1) is 11.3 Å². The van der Waals surface area contributed by atoms with Crippen molar-refractivity contribution in [1.82, 2.24) is 9.97 Å². The number of hydrogen-bond acceptors (Lipinski definition) is 4. The van der Waals surface area contributed by atoms with Gasteiger partial charge in [-0.05, 0) is 48.6 Å². The maximum atomic E-state index is 6.14. The molecule has 0 spiro atoms. The fourth-order valence-electron chi connectivity index (χ4n) is 1.82. The summed E-state index contributed by atoms with van der Waals surface area (Å²) in [6.07, 6.45) is 0. The summed E-state index contributed by atoms with van der Waals surface area (Å²) in [5.41, 5.74) is 3.46. The third-order valence-corrected chi connectivity index (χ3v) is 4.14. The lowest BCUT2D eigenvalue weighted by atomic mass is 10.1. The molecule has 0 saturated heterocycles. The van der Waals surface area contributed by atoms with Crippen LogP contribution in [0.4, 0.5) is 11.6 Å². The lowest BCUT2D eigenvalue weighted by molar-refractivity contribution is 1.22. The average molecular weight is 290 g/mol. The summed E-state index contributed by atoms with van der Waals surface area (Å²) in [5.74, 6) is 0.531. The van der Waals surface area contributed by atoms with Crippen LogP contribution < -0.4 is 5.32 Å². The molecule has 0 aliphatic rings. The summed E-state index contributed by atoms with van der Waals surface area (Å²) in [6, 6.07) is 8.09. The Bertz CT molecular complexity index is 752. The predicted molar refractivity (Wildman–Crippen MR) is 81.6 cm³/mol. The van der Waals surface area contributed by atoms with Crippen molar-refractivity contribution in [2.24, 2.45) is 0 Å². The van der Waals surface area contributed by atoms with E-state index in [0.717, 1.165) is 15.9 Å². The number of thiophene rings is 1. The Morgan fingerprint density at radius 2 is 1.95 bits per heavy atom. The maximum absolute atomic E-state index is 6.14. The zero-order chi connectivity index (χ0) is 13.4. The Balaban J connectivity index is 1.98. The van der Waals surface area contributed by atoms with Crippen LogP contribution in [0.1, 0.15) is 11.1 Å². The molecule has 3 aromatic rings. The molecule has 2 aromatic heterocycles. The van der Waals surface area contributed by atoms with Crippen molar-refractivity contribution in [3.05, 3.63) is 45.9 Å². The number of aryl methyl sites for hydroxylation is 2. The van der Waals surface area contributed by atoms with Gasteiger partial charge in [-0.2, -0.15) is 0 Å². The number of halogens is 1. The Hall–Kier alpha value is -1.65. The van der Waals surface area contributed by atoms with Crippen molar-refractivity contribution >= 4 is 44.8 Å². The van der Waals surface area contributed by atoms with Gasteiger partial charge in [0.1, 0.15) is 9.98 Å². The van der Waals surface area contributed by atoms with Crippen LogP contribution >= 0.6 is 22.9 Å². The lowest BCUT2D eigenvalue weighted by Crippen LogP contribution is -1.97. The van der Waals surface area contributed by atoms with Crippen LogP contribution in [0.2, 0.25) is 5.15 Å². The van der Waals surface area contributed by atoms with Gasteiger partial charge in [0, 0.05) is 11.1 Å². The zero-order valence-corrected chi connectivity index (χ0v) is 12.1. The molecule has 1 N–H and O–H groups in total.